The fourth-order valence-electron chi connectivity index (χ4n) is 1.62. The molecule has 16 heavy (non-hydrogen) atoms. The summed E-state index contributed by atoms with van der Waals surface area (Å²) in [7, 11) is 0. The number of aromatic nitrogens is 2. The highest BCUT2D eigenvalue weighted by Crippen LogP contribution is 2.17. The van der Waals surface area contributed by atoms with Crippen molar-refractivity contribution >= 4 is 0 Å². The van der Waals surface area contributed by atoms with E-state index in [1.807, 2.05) is 0 Å². The van der Waals surface area contributed by atoms with Crippen LogP contribution in [0.5, 0.6) is 0 Å². The lowest BCUT2D eigenvalue weighted by molar-refractivity contribution is 0.521. The predicted molar refractivity (Wildman–Crippen MR) is 61.8 cm³/mol. The molecule has 1 aliphatic rings. The molecule has 1 heterocycles. The van der Waals surface area contributed by atoms with Crippen molar-refractivity contribution in [2.24, 2.45) is 0 Å². The van der Waals surface area contributed by atoms with Gasteiger partial charge in [-0.2, -0.15) is 0 Å². The molecule has 88 valence electrons. The molecule has 0 unspecified atom stereocenters. The first kappa shape index (κ1) is 11.1. The van der Waals surface area contributed by atoms with Crippen LogP contribution in [-0.2, 0) is 6.54 Å². The lowest BCUT2D eigenvalue weighted by Crippen LogP contribution is -2.36. The van der Waals surface area contributed by atoms with Gasteiger partial charge in [0.25, 0.3) is 11.1 Å². The number of aromatic amines is 1. The van der Waals surface area contributed by atoms with E-state index in [9.17, 15) is 9.59 Å². The Kier molecular flexibility index (Phi) is 2.96. The quantitative estimate of drug-likeness (QED) is 0.749. The summed E-state index contributed by atoms with van der Waals surface area (Å²) in [5.41, 5.74) is 0.768. The van der Waals surface area contributed by atoms with Gasteiger partial charge in [0.15, 0.2) is 0 Å². The second-order valence-electron chi connectivity index (χ2n) is 4.38. The molecule has 1 aromatic rings. The number of hydrogen-bond acceptors (Lipinski definition) is 3. The van der Waals surface area contributed by atoms with Crippen LogP contribution in [-0.4, -0.2) is 22.4 Å². The number of rotatable bonds is 4. The first-order valence-electron chi connectivity index (χ1n) is 5.63. The average molecular weight is 223 g/mol. The van der Waals surface area contributed by atoms with E-state index < -0.39 is 0 Å². The molecule has 0 amide bonds. The molecule has 0 aliphatic heterocycles. The highest BCUT2D eigenvalue weighted by atomic mass is 16.2. The molecule has 0 radical (unpaired) electrons. The Morgan fingerprint density at radius 3 is 2.62 bits per heavy atom. The zero-order valence-corrected chi connectivity index (χ0v) is 9.67. The maximum Gasteiger partial charge on any atom is 0.268 e. The summed E-state index contributed by atoms with van der Waals surface area (Å²) in [5.74, 6) is 0. The van der Waals surface area contributed by atoms with Crippen molar-refractivity contribution in [1.82, 2.24) is 15.1 Å². The first-order chi connectivity index (χ1) is 7.59. The van der Waals surface area contributed by atoms with Crippen LogP contribution >= 0.6 is 0 Å². The zero-order valence-electron chi connectivity index (χ0n) is 9.67. The molecule has 0 saturated heterocycles. The third-order valence-corrected chi connectivity index (χ3v) is 3.05. The highest BCUT2D eigenvalue weighted by Gasteiger charge is 2.19. The predicted octanol–water partition coefficient (Wildman–Crippen LogP) is -0.0946. The summed E-state index contributed by atoms with van der Waals surface area (Å²) in [6, 6.07) is 0.619. The zero-order chi connectivity index (χ0) is 11.7. The lowest BCUT2D eigenvalue weighted by atomic mass is 10.2. The number of nitrogens with one attached hydrogen (secondary N) is 2. The van der Waals surface area contributed by atoms with Gasteiger partial charge >= 0.3 is 0 Å². The Balaban J connectivity index is 2.13. The van der Waals surface area contributed by atoms with Crippen LogP contribution in [0.25, 0.3) is 0 Å². The summed E-state index contributed by atoms with van der Waals surface area (Å²) in [5, 5.41) is 5.89. The van der Waals surface area contributed by atoms with Gasteiger partial charge in [0, 0.05) is 23.7 Å². The molecule has 2 rings (SSSR count). The van der Waals surface area contributed by atoms with Crippen LogP contribution in [0.1, 0.15) is 24.0 Å². The maximum absolute atomic E-state index is 11.8. The van der Waals surface area contributed by atoms with Gasteiger partial charge in [0.1, 0.15) is 0 Å². The summed E-state index contributed by atoms with van der Waals surface area (Å²) >= 11 is 0. The van der Waals surface area contributed by atoms with E-state index in [2.05, 4.69) is 10.4 Å². The molecule has 5 heteroatoms. The number of H-pyrrole nitrogens is 1. The Morgan fingerprint density at radius 1 is 1.31 bits per heavy atom. The van der Waals surface area contributed by atoms with Crippen LogP contribution in [0.15, 0.2) is 9.59 Å². The largest absolute Gasteiger partial charge is 0.312 e. The third-order valence-electron chi connectivity index (χ3n) is 3.05. The van der Waals surface area contributed by atoms with Crippen LogP contribution in [0.3, 0.4) is 0 Å². The molecular formula is C11H17N3O2. The van der Waals surface area contributed by atoms with Gasteiger partial charge in [-0.25, -0.2) is 4.68 Å². The minimum atomic E-state index is -0.177. The Hall–Kier alpha value is -1.36. The van der Waals surface area contributed by atoms with Crippen LogP contribution in [0.4, 0.5) is 0 Å². The van der Waals surface area contributed by atoms with Gasteiger partial charge in [-0.05, 0) is 26.7 Å². The summed E-state index contributed by atoms with van der Waals surface area (Å²) < 4.78 is 1.39. The molecule has 0 bridgehead atoms. The molecule has 0 spiro atoms. The summed E-state index contributed by atoms with van der Waals surface area (Å²) in [6.45, 7) is 4.61. The van der Waals surface area contributed by atoms with Crippen molar-refractivity contribution in [2.75, 3.05) is 6.54 Å². The van der Waals surface area contributed by atoms with E-state index in [0.717, 1.165) is 6.54 Å². The fraction of sp³-hybridized carbons (Fsp3) is 0.636. The monoisotopic (exact) mass is 223 g/mol. The van der Waals surface area contributed by atoms with Gasteiger partial charge in [-0.3, -0.25) is 14.7 Å². The maximum atomic E-state index is 11.8. The van der Waals surface area contributed by atoms with E-state index in [-0.39, 0.29) is 11.1 Å². The fourth-order valence-corrected chi connectivity index (χ4v) is 1.62. The summed E-state index contributed by atoms with van der Waals surface area (Å²) in [4.78, 5) is 23.3. The summed E-state index contributed by atoms with van der Waals surface area (Å²) in [6.07, 6.45) is 2.44. The molecule has 2 N–H and O–H groups in total. The second kappa shape index (κ2) is 4.25. The highest BCUT2D eigenvalue weighted by molar-refractivity contribution is 5.17. The van der Waals surface area contributed by atoms with Crippen molar-refractivity contribution in [3.63, 3.8) is 0 Å². The van der Waals surface area contributed by atoms with Gasteiger partial charge in [0.05, 0.1) is 6.54 Å². The average Bonchev–Trinajstić information content (AvgIpc) is 3.06. The third kappa shape index (κ3) is 2.24. The molecule has 1 saturated carbocycles. The second-order valence-corrected chi connectivity index (χ2v) is 4.38. The van der Waals surface area contributed by atoms with Crippen molar-refractivity contribution < 1.29 is 0 Å². The Labute approximate surface area is 93.5 Å². The van der Waals surface area contributed by atoms with Crippen LogP contribution in [0, 0.1) is 13.8 Å². The van der Waals surface area contributed by atoms with Crippen LogP contribution < -0.4 is 16.4 Å². The molecule has 1 aromatic heterocycles. The van der Waals surface area contributed by atoms with Gasteiger partial charge < -0.3 is 5.32 Å². The number of hydrogen-bond donors (Lipinski definition) is 2. The van der Waals surface area contributed by atoms with E-state index in [0.29, 0.717) is 23.7 Å². The first-order valence-corrected chi connectivity index (χ1v) is 5.63. The van der Waals surface area contributed by atoms with Crippen molar-refractivity contribution in [3.8, 4) is 0 Å². The minimum Gasteiger partial charge on any atom is -0.312 e. The molecule has 1 aliphatic carbocycles. The van der Waals surface area contributed by atoms with Crippen molar-refractivity contribution in [1.29, 1.82) is 0 Å². The number of nitrogens with zero attached hydrogens (tertiary/aromatic N) is 1. The van der Waals surface area contributed by atoms with Crippen molar-refractivity contribution in [3.05, 3.63) is 31.8 Å². The molecular weight excluding hydrogens is 206 g/mol. The molecule has 5 nitrogen and oxygen atoms in total. The lowest BCUT2D eigenvalue weighted by Gasteiger charge is -2.08. The molecule has 0 aromatic carbocycles. The normalized spacial score (nSPS) is 15.4. The smallest absolute Gasteiger partial charge is 0.268 e. The Morgan fingerprint density at radius 2 is 2.00 bits per heavy atom. The minimum absolute atomic E-state index is 0.102. The molecule has 0 atom stereocenters. The van der Waals surface area contributed by atoms with Crippen LogP contribution in [0.2, 0.25) is 0 Å². The van der Waals surface area contributed by atoms with Gasteiger partial charge in [0.2, 0.25) is 0 Å². The van der Waals surface area contributed by atoms with E-state index >= 15 is 0 Å². The molecule has 1 fully saturated rings. The SMILES string of the molecule is Cc1c(C)c(=O)n(CCNC2CC2)[nH]c1=O. The topological polar surface area (TPSA) is 66.9 Å². The van der Waals surface area contributed by atoms with Gasteiger partial charge in [-0.15, -0.1) is 0 Å². The van der Waals surface area contributed by atoms with E-state index in [4.69, 9.17) is 0 Å². The van der Waals surface area contributed by atoms with Crippen molar-refractivity contribution in [2.45, 2.75) is 39.3 Å². The van der Waals surface area contributed by atoms with Gasteiger partial charge in [-0.1, -0.05) is 0 Å². The van der Waals surface area contributed by atoms with E-state index in [1.165, 1.54) is 17.5 Å². The Bertz CT molecular complexity index is 497. The standard InChI is InChI=1S/C11H17N3O2/c1-7-8(2)11(16)14(13-10(7)15)6-5-12-9-3-4-9/h9,12H,3-6H2,1-2H3,(H,13,15). The van der Waals surface area contributed by atoms with E-state index in [1.54, 1.807) is 13.8 Å².